The molecule has 2 heterocycles. The molecule has 4 rings (SSSR count). The number of aromatic amines is 1. The van der Waals surface area contributed by atoms with Crippen LogP contribution in [0.25, 0.3) is 10.9 Å². The summed E-state index contributed by atoms with van der Waals surface area (Å²) >= 11 is 0. The first kappa shape index (κ1) is 18.7. The number of aromatic nitrogens is 3. The van der Waals surface area contributed by atoms with Gasteiger partial charge in [0.1, 0.15) is 5.82 Å². The van der Waals surface area contributed by atoms with Crippen LogP contribution in [0.1, 0.15) is 36.7 Å². The Kier molecular flexibility index (Phi) is 4.76. The molecule has 0 spiro atoms. The second kappa shape index (κ2) is 7.39. The summed E-state index contributed by atoms with van der Waals surface area (Å²) in [7, 11) is 0. The van der Waals surface area contributed by atoms with Crippen LogP contribution in [-0.4, -0.2) is 21.1 Å². The molecule has 0 radical (unpaired) electrons. The SMILES string of the molecule is CC(C)(C)c1cccc(NC(=O)c2cccnc2Nc2ccc3cn[nH]c3c2)c1. The van der Waals surface area contributed by atoms with Crippen molar-refractivity contribution in [3.63, 3.8) is 0 Å². The number of benzene rings is 2. The number of H-pyrrole nitrogens is 1. The fourth-order valence-electron chi connectivity index (χ4n) is 3.10. The zero-order valence-corrected chi connectivity index (χ0v) is 16.7. The summed E-state index contributed by atoms with van der Waals surface area (Å²) in [4.78, 5) is 17.3. The molecule has 6 heteroatoms. The van der Waals surface area contributed by atoms with E-state index < -0.39 is 0 Å². The molecule has 3 N–H and O–H groups in total. The van der Waals surface area contributed by atoms with Crippen molar-refractivity contribution in [2.75, 3.05) is 10.6 Å². The molecule has 0 aliphatic heterocycles. The highest BCUT2D eigenvalue weighted by atomic mass is 16.1. The smallest absolute Gasteiger partial charge is 0.259 e. The minimum absolute atomic E-state index is 0.00702. The van der Waals surface area contributed by atoms with Gasteiger partial charge < -0.3 is 10.6 Å². The average Bonchev–Trinajstić information content (AvgIpc) is 3.16. The maximum absolute atomic E-state index is 12.9. The van der Waals surface area contributed by atoms with E-state index in [1.807, 2.05) is 36.4 Å². The molecule has 1 amide bonds. The summed E-state index contributed by atoms with van der Waals surface area (Å²) in [6.45, 7) is 6.44. The molecule has 0 fully saturated rings. The van der Waals surface area contributed by atoms with Gasteiger partial charge in [0.25, 0.3) is 5.91 Å². The van der Waals surface area contributed by atoms with Crippen molar-refractivity contribution in [3.8, 4) is 0 Å². The van der Waals surface area contributed by atoms with Crippen molar-refractivity contribution in [2.24, 2.45) is 0 Å². The van der Waals surface area contributed by atoms with Gasteiger partial charge in [0.2, 0.25) is 0 Å². The van der Waals surface area contributed by atoms with E-state index in [4.69, 9.17) is 0 Å². The molecule has 0 bridgehead atoms. The number of rotatable bonds is 4. The Balaban J connectivity index is 1.58. The zero-order valence-electron chi connectivity index (χ0n) is 16.7. The lowest BCUT2D eigenvalue weighted by molar-refractivity contribution is 0.102. The minimum Gasteiger partial charge on any atom is -0.340 e. The summed E-state index contributed by atoms with van der Waals surface area (Å²) in [5, 5.41) is 14.2. The molecule has 0 saturated carbocycles. The Morgan fingerprint density at radius 2 is 1.86 bits per heavy atom. The normalized spacial score (nSPS) is 11.4. The van der Waals surface area contributed by atoms with Crippen molar-refractivity contribution in [3.05, 3.63) is 78.1 Å². The molecular weight excluding hydrogens is 362 g/mol. The van der Waals surface area contributed by atoms with E-state index in [0.29, 0.717) is 11.4 Å². The van der Waals surface area contributed by atoms with Gasteiger partial charge >= 0.3 is 0 Å². The van der Waals surface area contributed by atoms with E-state index in [1.54, 1.807) is 24.5 Å². The third-order valence-electron chi connectivity index (χ3n) is 4.74. The van der Waals surface area contributed by atoms with Crippen LogP contribution in [0.15, 0.2) is 67.0 Å². The van der Waals surface area contributed by atoms with Crippen molar-refractivity contribution in [1.82, 2.24) is 15.2 Å². The molecule has 29 heavy (non-hydrogen) atoms. The summed E-state index contributed by atoms with van der Waals surface area (Å²) in [6.07, 6.45) is 3.43. The van der Waals surface area contributed by atoms with E-state index in [1.165, 1.54) is 0 Å². The first-order chi connectivity index (χ1) is 13.9. The standard InChI is InChI=1S/C23H23N5O/c1-23(2,3)16-6-4-7-17(12-16)27-22(29)19-8-5-11-24-21(19)26-18-10-9-15-14-25-28-20(15)13-18/h4-14H,1-3H3,(H,24,26)(H,25,28)(H,27,29). The molecule has 2 aromatic heterocycles. The Hall–Kier alpha value is -3.67. The van der Waals surface area contributed by atoms with Crippen molar-refractivity contribution in [1.29, 1.82) is 0 Å². The topological polar surface area (TPSA) is 82.7 Å². The molecule has 0 aliphatic carbocycles. The number of anilines is 3. The van der Waals surface area contributed by atoms with Gasteiger partial charge in [-0.25, -0.2) is 4.98 Å². The van der Waals surface area contributed by atoms with E-state index in [9.17, 15) is 4.79 Å². The monoisotopic (exact) mass is 385 g/mol. The summed E-state index contributed by atoms with van der Waals surface area (Å²) < 4.78 is 0. The number of nitrogens with zero attached hydrogens (tertiary/aromatic N) is 2. The number of fused-ring (bicyclic) bond motifs is 1. The van der Waals surface area contributed by atoms with Crippen molar-refractivity contribution >= 4 is 34.0 Å². The zero-order chi connectivity index (χ0) is 20.4. The van der Waals surface area contributed by atoms with Gasteiger partial charge in [0.15, 0.2) is 0 Å². The predicted molar refractivity (Wildman–Crippen MR) is 117 cm³/mol. The Bertz CT molecular complexity index is 1170. The first-order valence-corrected chi connectivity index (χ1v) is 9.47. The van der Waals surface area contributed by atoms with Crippen LogP contribution in [0, 0.1) is 0 Å². The second-order valence-electron chi connectivity index (χ2n) is 7.98. The van der Waals surface area contributed by atoms with E-state index in [0.717, 1.165) is 27.8 Å². The summed E-state index contributed by atoms with van der Waals surface area (Å²) in [5.74, 6) is 0.283. The van der Waals surface area contributed by atoms with Gasteiger partial charge in [-0.2, -0.15) is 5.10 Å². The van der Waals surface area contributed by atoms with E-state index in [-0.39, 0.29) is 11.3 Å². The van der Waals surface area contributed by atoms with Crippen LogP contribution in [0.3, 0.4) is 0 Å². The van der Waals surface area contributed by atoms with Crippen LogP contribution >= 0.6 is 0 Å². The number of carbonyl (C=O) groups is 1. The quantitative estimate of drug-likeness (QED) is 0.448. The number of hydrogen-bond acceptors (Lipinski definition) is 4. The Morgan fingerprint density at radius 3 is 2.69 bits per heavy atom. The second-order valence-corrected chi connectivity index (χ2v) is 7.98. The average molecular weight is 385 g/mol. The molecule has 2 aromatic carbocycles. The summed E-state index contributed by atoms with van der Waals surface area (Å²) in [6, 6.07) is 17.3. The highest BCUT2D eigenvalue weighted by molar-refractivity contribution is 6.07. The molecule has 0 aliphatic rings. The molecule has 146 valence electrons. The number of amides is 1. The largest absolute Gasteiger partial charge is 0.340 e. The van der Waals surface area contributed by atoms with Gasteiger partial charge in [-0.3, -0.25) is 9.89 Å². The van der Waals surface area contributed by atoms with Crippen LogP contribution in [0.2, 0.25) is 0 Å². The van der Waals surface area contributed by atoms with Gasteiger partial charge in [0.05, 0.1) is 17.3 Å². The highest BCUT2D eigenvalue weighted by Crippen LogP contribution is 2.26. The third-order valence-corrected chi connectivity index (χ3v) is 4.74. The van der Waals surface area contributed by atoms with Gasteiger partial charge in [-0.15, -0.1) is 0 Å². The first-order valence-electron chi connectivity index (χ1n) is 9.47. The van der Waals surface area contributed by atoms with Crippen LogP contribution in [0.4, 0.5) is 17.2 Å². The molecule has 6 nitrogen and oxygen atoms in total. The lowest BCUT2D eigenvalue weighted by Crippen LogP contribution is -2.16. The van der Waals surface area contributed by atoms with Crippen LogP contribution < -0.4 is 10.6 Å². The Labute approximate surface area is 169 Å². The van der Waals surface area contributed by atoms with Gasteiger partial charge in [-0.05, 0) is 53.4 Å². The third kappa shape index (κ3) is 4.11. The van der Waals surface area contributed by atoms with E-state index in [2.05, 4.69) is 52.7 Å². The van der Waals surface area contributed by atoms with Crippen LogP contribution in [0.5, 0.6) is 0 Å². The maximum atomic E-state index is 12.9. The molecule has 4 aromatic rings. The van der Waals surface area contributed by atoms with Crippen molar-refractivity contribution < 1.29 is 4.79 Å². The molecular formula is C23H23N5O. The number of carbonyl (C=O) groups excluding carboxylic acids is 1. The van der Waals surface area contributed by atoms with E-state index >= 15 is 0 Å². The summed E-state index contributed by atoms with van der Waals surface area (Å²) in [5.41, 5.74) is 4.13. The maximum Gasteiger partial charge on any atom is 0.259 e. The minimum atomic E-state index is -0.214. The highest BCUT2D eigenvalue weighted by Gasteiger charge is 2.16. The lowest BCUT2D eigenvalue weighted by Gasteiger charge is -2.20. The predicted octanol–water partition coefficient (Wildman–Crippen LogP) is 5.25. The molecule has 0 saturated heterocycles. The molecule has 0 atom stereocenters. The number of nitrogens with one attached hydrogen (secondary N) is 3. The van der Waals surface area contributed by atoms with Crippen LogP contribution in [-0.2, 0) is 5.41 Å². The fraction of sp³-hybridized carbons (Fsp3) is 0.174. The Morgan fingerprint density at radius 1 is 1.00 bits per heavy atom. The lowest BCUT2D eigenvalue weighted by atomic mass is 9.87. The number of hydrogen-bond donors (Lipinski definition) is 3. The fourth-order valence-corrected chi connectivity index (χ4v) is 3.10. The van der Waals surface area contributed by atoms with Crippen molar-refractivity contribution in [2.45, 2.75) is 26.2 Å². The molecule has 0 unspecified atom stereocenters. The van der Waals surface area contributed by atoms with Gasteiger partial charge in [-0.1, -0.05) is 32.9 Å². The number of pyridine rings is 1. The van der Waals surface area contributed by atoms with Gasteiger partial charge in [0, 0.05) is 23.0 Å².